The van der Waals surface area contributed by atoms with Crippen LogP contribution >= 0.6 is 0 Å². The summed E-state index contributed by atoms with van der Waals surface area (Å²) < 4.78 is 12.0. The first-order chi connectivity index (χ1) is 18.7. The minimum absolute atomic E-state index is 0.211. The summed E-state index contributed by atoms with van der Waals surface area (Å²) in [6, 6.07) is 24.3. The van der Waals surface area contributed by atoms with E-state index < -0.39 is 0 Å². The zero-order valence-corrected chi connectivity index (χ0v) is 21.4. The summed E-state index contributed by atoms with van der Waals surface area (Å²) in [6.07, 6.45) is 0. The molecule has 0 radical (unpaired) electrons. The standard InChI is InChI=1S/C30H30N6O2/c1-22-25(11-7-13-27(22)24-9-4-3-5-10-24)21-38-30-34-28(19-36-16-14-32-15-17-36)33-29(35-30)37-20-23-8-6-12-26(18-23)31-2/h3-13,18,32H,14-17,19-21H2,1H3. The molecule has 1 aliphatic heterocycles. The van der Waals surface area contributed by atoms with Gasteiger partial charge in [0.1, 0.15) is 13.2 Å². The minimum atomic E-state index is 0.211. The fourth-order valence-corrected chi connectivity index (χ4v) is 4.42. The summed E-state index contributed by atoms with van der Waals surface area (Å²) in [4.78, 5) is 19.4. The van der Waals surface area contributed by atoms with Gasteiger partial charge in [-0.15, -0.1) is 4.98 Å². The summed E-state index contributed by atoms with van der Waals surface area (Å²) in [5, 5.41) is 3.37. The molecule has 1 aliphatic rings. The molecular weight excluding hydrogens is 476 g/mol. The molecule has 38 heavy (non-hydrogen) atoms. The SMILES string of the molecule is [C-]#[N+]c1cccc(COc2nc(CN3CCNCC3)nc(OCc3cccc(-c4ccccc4)c3C)n2)c1. The smallest absolute Gasteiger partial charge is 0.323 e. The summed E-state index contributed by atoms with van der Waals surface area (Å²) in [7, 11) is 0. The second kappa shape index (κ2) is 12.3. The van der Waals surface area contributed by atoms with Crippen LogP contribution in [0.25, 0.3) is 16.0 Å². The molecule has 0 bridgehead atoms. The highest BCUT2D eigenvalue weighted by molar-refractivity contribution is 5.68. The zero-order valence-electron chi connectivity index (χ0n) is 21.4. The molecule has 1 N–H and O–H groups in total. The van der Waals surface area contributed by atoms with Gasteiger partial charge >= 0.3 is 12.0 Å². The Hall–Kier alpha value is -4.32. The van der Waals surface area contributed by atoms with Crippen LogP contribution in [0.3, 0.4) is 0 Å². The van der Waals surface area contributed by atoms with Gasteiger partial charge in [-0.05, 0) is 40.8 Å². The number of nitrogens with one attached hydrogen (secondary N) is 1. The number of aromatic nitrogens is 3. The van der Waals surface area contributed by atoms with Gasteiger partial charge in [0.15, 0.2) is 11.5 Å². The summed E-state index contributed by atoms with van der Waals surface area (Å²) in [5.74, 6) is 0.608. The van der Waals surface area contributed by atoms with E-state index in [1.165, 1.54) is 11.1 Å². The van der Waals surface area contributed by atoms with Gasteiger partial charge in [0.05, 0.1) is 13.1 Å². The highest BCUT2D eigenvalue weighted by Crippen LogP contribution is 2.26. The molecule has 1 saturated heterocycles. The van der Waals surface area contributed by atoms with Crippen molar-refractivity contribution in [2.45, 2.75) is 26.7 Å². The molecule has 2 heterocycles. The maximum atomic E-state index is 7.24. The highest BCUT2D eigenvalue weighted by atomic mass is 16.5. The maximum Gasteiger partial charge on any atom is 0.323 e. The van der Waals surface area contributed by atoms with Gasteiger partial charge in [-0.3, -0.25) is 4.90 Å². The van der Waals surface area contributed by atoms with Gasteiger partial charge < -0.3 is 14.8 Å². The molecule has 0 amide bonds. The van der Waals surface area contributed by atoms with Crippen LogP contribution in [0.1, 0.15) is 22.5 Å². The van der Waals surface area contributed by atoms with Crippen LogP contribution in [-0.4, -0.2) is 46.0 Å². The second-order valence-electron chi connectivity index (χ2n) is 9.16. The Morgan fingerprint density at radius 2 is 1.61 bits per heavy atom. The molecule has 0 spiro atoms. The van der Waals surface area contributed by atoms with E-state index in [1.807, 2.05) is 36.4 Å². The summed E-state index contributed by atoms with van der Waals surface area (Å²) >= 11 is 0. The zero-order chi connectivity index (χ0) is 26.2. The molecule has 8 heteroatoms. The molecule has 5 rings (SSSR count). The Labute approximate surface area is 223 Å². The van der Waals surface area contributed by atoms with Crippen molar-refractivity contribution >= 4 is 5.69 Å². The Morgan fingerprint density at radius 3 is 2.37 bits per heavy atom. The van der Waals surface area contributed by atoms with Crippen LogP contribution in [0.2, 0.25) is 0 Å². The van der Waals surface area contributed by atoms with Crippen molar-refractivity contribution in [3.8, 4) is 23.1 Å². The molecule has 1 fully saturated rings. The predicted molar refractivity (Wildman–Crippen MR) is 146 cm³/mol. The summed E-state index contributed by atoms with van der Waals surface area (Å²) in [5.41, 5.74) is 6.01. The number of nitrogens with zero attached hydrogens (tertiary/aromatic N) is 5. The van der Waals surface area contributed by atoms with Gasteiger partial charge in [0.2, 0.25) is 0 Å². The Morgan fingerprint density at radius 1 is 0.868 bits per heavy atom. The minimum Gasteiger partial charge on any atom is -0.458 e. The van der Waals surface area contributed by atoms with E-state index in [4.69, 9.17) is 16.0 Å². The quantitative estimate of drug-likeness (QED) is 0.322. The van der Waals surface area contributed by atoms with Gasteiger partial charge in [-0.25, -0.2) is 4.85 Å². The maximum absolute atomic E-state index is 7.24. The van der Waals surface area contributed by atoms with Crippen molar-refractivity contribution in [1.82, 2.24) is 25.2 Å². The molecule has 0 aliphatic carbocycles. The molecule has 0 saturated carbocycles. The number of benzene rings is 3. The number of ether oxygens (including phenoxy) is 2. The van der Waals surface area contributed by atoms with Crippen LogP contribution < -0.4 is 14.8 Å². The van der Waals surface area contributed by atoms with Crippen LogP contribution in [0, 0.1) is 13.5 Å². The van der Waals surface area contributed by atoms with Gasteiger partial charge in [0.25, 0.3) is 0 Å². The molecule has 1 aromatic heterocycles. The fourth-order valence-electron chi connectivity index (χ4n) is 4.42. The van der Waals surface area contributed by atoms with E-state index in [9.17, 15) is 0 Å². The van der Waals surface area contributed by atoms with Gasteiger partial charge in [0, 0.05) is 26.2 Å². The Bertz CT molecular complexity index is 1410. The monoisotopic (exact) mass is 506 g/mol. The molecule has 8 nitrogen and oxygen atoms in total. The molecule has 0 unspecified atom stereocenters. The van der Waals surface area contributed by atoms with Gasteiger partial charge in [-0.2, -0.15) is 9.97 Å². The van der Waals surface area contributed by atoms with Crippen molar-refractivity contribution < 1.29 is 9.47 Å². The van der Waals surface area contributed by atoms with Crippen molar-refractivity contribution in [2.24, 2.45) is 0 Å². The third-order valence-corrected chi connectivity index (χ3v) is 6.51. The van der Waals surface area contributed by atoms with Crippen LogP contribution in [0.5, 0.6) is 12.0 Å². The lowest BCUT2D eigenvalue weighted by Gasteiger charge is -2.26. The lowest BCUT2D eigenvalue weighted by molar-refractivity contribution is 0.216. The van der Waals surface area contributed by atoms with Crippen LogP contribution in [0.15, 0.2) is 72.8 Å². The van der Waals surface area contributed by atoms with Crippen LogP contribution in [-0.2, 0) is 19.8 Å². The first-order valence-corrected chi connectivity index (χ1v) is 12.7. The Balaban J connectivity index is 1.35. The third kappa shape index (κ3) is 6.51. The number of hydrogen-bond acceptors (Lipinski definition) is 7. The van der Waals surface area contributed by atoms with Gasteiger partial charge in [-0.1, -0.05) is 66.7 Å². The lowest BCUT2D eigenvalue weighted by atomic mass is 9.97. The first kappa shape index (κ1) is 25.3. The Kier molecular flexibility index (Phi) is 8.19. The third-order valence-electron chi connectivity index (χ3n) is 6.51. The molecule has 192 valence electrons. The second-order valence-corrected chi connectivity index (χ2v) is 9.16. The van der Waals surface area contributed by atoms with E-state index in [-0.39, 0.29) is 18.6 Å². The van der Waals surface area contributed by atoms with Crippen molar-refractivity contribution in [2.75, 3.05) is 26.2 Å². The van der Waals surface area contributed by atoms with Crippen molar-refractivity contribution in [1.29, 1.82) is 0 Å². The van der Waals surface area contributed by atoms with E-state index >= 15 is 0 Å². The molecule has 0 atom stereocenters. The van der Waals surface area contributed by atoms with E-state index in [0.717, 1.165) is 42.9 Å². The normalized spacial score (nSPS) is 13.6. The average Bonchev–Trinajstić information content (AvgIpc) is 2.96. The van der Waals surface area contributed by atoms with Crippen LogP contribution in [0.4, 0.5) is 5.69 Å². The predicted octanol–water partition coefficient (Wildman–Crippen LogP) is 4.96. The number of rotatable bonds is 9. The number of hydrogen-bond donors (Lipinski definition) is 1. The molecular formula is C30H30N6O2. The highest BCUT2D eigenvalue weighted by Gasteiger charge is 2.16. The fraction of sp³-hybridized carbons (Fsp3) is 0.267. The largest absolute Gasteiger partial charge is 0.458 e. The number of piperazine rings is 1. The lowest BCUT2D eigenvalue weighted by Crippen LogP contribution is -2.43. The van der Waals surface area contributed by atoms with E-state index in [1.54, 1.807) is 12.1 Å². The molecule has 4 aromatic rings. The van der Waals surface area contributed by atoms with E-state index in [0.29, 0.717) is 24.7 Å². The molecule has 3 aromatic carbocycles. The van der Waals surface area contributed by atoms with E-state index in [2.05, 4.69) is 61.2 Å². The van der Waals surface area contributed by atoms with Crippen molar-refractivity contribution in [3.05, 3.63) is 107 Å². The average molecular weight is 507 g/mol. The van der Waals surface area contributed by atoms with Crippen molar-refractivity contribution in [3.63, 3.8) is 0 Å². The topological polar surface area (TPSA) is 76.8 Å². The summed E-state index contributed by atoms with van der Waals surface area (Å²) in [6.45, 7) is 14.2. The first-order valence-electron chi connectivity index (χ1n) is 12.7.